The van der Waals surface area contributed by atoms with E-state index in [9.17, 15) is 19.7 Å². The van der Waals surface area contributed by atoms with Gasteiger partial charge in [0, 0.05) is 31.3 Å². The molecular weight excluding hydrogens is 458 g/mol. The van der Waals surface area contributed by atoms with Crippen LogP contribution in [0.4, 0.5) is 5.69 Å². The molecule has 0 aliphatic rings. The number of nitro groups is 1. The van der Waals surface area contributed by atoms with Crippen LogP contribution in [0.5, 0.6) is 0 Å². The highest BCUT2D eigenvalue weighted by atomic mass is 16.6. The van der Waals surface area contributed by atoms with Gasteiger partial charge >= 0.3 is 0 Å². The van der Waals surface area contributed by atoms with E-state index in [0.29, 0.717) is 37.4 Å². The molecule has 188 valence electrons. The third-order valence-electron chi connectivity index (χ3n) is 5.54. The lowest BCUT2D eigenvalue weighted by atomic mass is 10.1. The van der Waals surface area contributed by atoms with Crippen LogP contribution in [0, 0.1) is 16.0 Å². The Morgan fingerprint density at radius 3 is 2.33 bits per heavy atom. The number of carbonyl (C=O) groups is 2. The summed E-state index contributed by atoms with van der Waals surface area (Å²) in [6.45, 7) is 5.15. The van der Waals surface area contributed by atoms with E-state index in [4.69, 9.17) is 4.42 Å². The Hall–Kier alpha value is -4.20. The Kier molecular flexibility index (Phi) is 9.56. The molecule has 0 N–H and O–H groups in total. The molecule has 0 atom stereocenters. The van der Waals surface area contributed by atoms with Crippen molar-refractivity contribution in [1.29, 1.82) is 0 Å². The predicted octanol–water partition coefficient (Wildman–Crippen LogP) is 4.96. The second-order valence-electron chi connectivity index (χ2n) is 8.92. The van der Waals surface area contributed by atoms with Crippen LogP contribution in [0.15, 0.2) is 83.5 Å². The first-order chi connectivity index (χ1) is 17.3. The molecule has 36 heavy (non-hydrogen) atoms. The van der Waals surface area contributed by atoms with Crippen molar-refractivity contribution >= 4 is 23.6 Å². The minimum Gasteiger partial charge on any atom is -0.467 e. The minimum absolute atomic E-state index is 0.0161. The van der Waals surface area contributed by atoms with Gasteiger partial charge in [0.15, 0.2) is 0 Å². The summed E-state index contributed by atoms with van der Waals surface area (Å²) in [6, 6.07) is 19.5. The van der Waals surface area contributed by atoms with Gasteiger partial charge in [0.2, 0.25) is 11.8 Å². The first-order valence-corrected chi connectivity index (χ1v) is 11.9. The van der Waals surface area contributed by atoms with Crippen LogP contribution in [0.3, 0.4) is 0 Å². The van der Waals surface area contributed by atoms with Crippen LogP contribution >= 0.6 is 0 Å². The van der Waals surface area contributed by atoms with E-state index in [2.05, 4.69) is 0 Å². The number of hydrogen-bond acceptors (Lipinski definition) is 5. The van der Waals surface area contributed by atoms with Crippen molar-refractivity contribution in [1.82, 2.24) is 9.80 Å². The maximum Gasteiger partial charge on any atom is 0.269 e. The van der Waals surface area contributed by atoms with Crippen molar-refractivity contribution in [3.63, 3.8) is 0 Å². The fourth-order valence-corrected chi connectivity index (χ4v) is 3.71. The lowest BCUT2D eigenvalue weighted by Gasteiger charge is -2.28. The number of hydrogen-bond donors (Lipinski definition) is 0. The van der Waals surface area contributed by atoms with Crippen LogP contribution < -0.4 is 0 Å². The summed E-state index contributed by atoms with van der Waals surface area (Å²) < 4.78 is 5.47. The first-order valence-electron chi connectivity index (χ1n) is 11.9. The molecule has 0 saturated carbocycles. The Labute approximate surface area is 211 Å². The molecule has 1 aromatic heterocycles. The smallest absolute Gasteiger partial charge is 0.269 e. The highest BCUT2D eigenvalue weighted by Crippen LogP contribution is 2.14. The number of nitro benzene ring substituents is 1. The normalized spacial score (nSPS) is 11.1. The van der Waals surface area contributed by atoms with Crippen molar-refractivity contribution in [2.75, 3.05) is 19.6 Å². The Bertz CT molecular complexity index is 1160. The monoisotopic (exact) mass is 489 g/mol. The van der Waals surface area contributed by atoms with Gasteiger partial charge in [0.1, 0.15) is 12.3 Å². The van der Waals surface area contributed by atoms with Crippen LogP contribution in [-0.4, -0.2) is 46.2 Å². The molecule has 0 bridgehead atoms. The Morgan fingerprint density at radius 1 is 1.00 bits per heavy atom. The van der Waals surface area contributed by atoms with Gasteiger partial charge in [-0.1, -0.05) is 44.2 Å². The standard InChI is InChI=1S/C28H31N3O5/c1-22(2)19-30(27(32)15-12-24-10-13-25(14-11-24)31(34)35)21-28(33)29(20-26-9-6-18-36-26)17-16-23-7-4-3-5-8-23/h3-15,18,22H,16-17,19-21H2,1-2H3. The molecule has 0 saturated heterocycles. The summed E-state index contributed by atoms with van der Waals surface area (Å²) in [4.78, 5) is 40.0. The van der Waals surface area contributed by atoms with Gasteiger partial charge in [-0.05, 0) is 53.8 Å². The van der Waals surface area contributed by atoms with Crippen molar-refractivity contribution in [3.8, 4) is 0 Å². The van der Waals surface area contributed by atoms with Gasteiger partial charge in [-0.2, -0.15) is 0 Å². The summed E-state index contributed by atoms with van der Waals surface area (Å²) >= 11 is 0. The van der Waals surface area contributed by atoms with E-state index in [1.54, 1.807) is 35.4 Å². The lowest BCUT2D eigenvalue weighted by molar-refractivity contribution is -0.384. The fraction of sp³-hybridized carbons (Fsp3) is 0.286. The SMILES string of the molecule is CC(C)CN(CC(=O)N(CCc1ccccc1)Cc1ccco1)C(=O)C=Cc1ccc([N+](=O)[O-])cc1. The summed E-state index contributed by atoms with van der Waals surface area (Å²) in [7, 11) is 0. The van der Waals surface area contributed by atoms with E-state index >= 15 is 0 Å². The summed E-state index contributed by atoms with van der Waals surface area (Å²) in [5.41, 5.74) is 1.76. The molecule has 0 fully saturated rings. The Morgan fingerprint density at radius 2 is 1.72 bits per heavy atom. The first kappa shape index (κ1) is 26.4. The molecule has 3 aromatic rings. The van der Waals surface area contributed by atoms with Gasteiger partial charge in [0.05, 0.1) is 17.7 Å². The second-order valence-corrected chi connectivity index (χ2v) is 8.92. The largest absolute Gasteiger partial charge is 0.467 e. The van der Waals surface area contributed by atoms with Crippen molar-refractivity contribution in [2.45, 2.75) is 26.8 Å². The van der Waals surface area contributed by atoms with Gasteiger partial charge in [-0.15, -0.1) is 0 Å². The molecule has 0 aliphatic carbocycles. The number of carbonyl (C=O) groups excluding carboxylic acids is 2. The van der Waals surface area contributed by atoms with E-state index in [0.717, 1.165) is 5.56 Å². The molecule has 0 aliphatic heterocycles. The lowest BCUT2D eigenvalue weighted by Crippen LogP contribution is -2.44. The predicted molar refractivity (Wildman–Crippen MR) is 138 cm³/mol. The summed E-state index contributed by atoms with van der Waals surface area (Å²) in [5, 5.41) is 10.8. The van der Waals surface area contributed by atoms with Gasteiger partial charge < -0.3 is 14.2 Å². The molecule has 1 heterocycles. The van der Waals surface area contributed by atoms with Gasteiger partial charge in [-0.25, -0.2) is 0 Å². The molecule has 0 unspecified atom stereocenters. The molecule has 8 heteroatoms. The minimum atomic E-state index is -0.471. The quantitative estimate of drug-likeness (QED) is 0.204. The Balaban J connectivity index is 1.70. The molecule has 2 amide bonds. The number of benzene rings is 2. The third kappa shape index (κ3) is 8.23. The van der Waals surface area contributed by atoms with Crippen LogP contribution in [-0.2, 0) is 22.6 Å². The molecule has 0 radical (unpaired) electrons. The molecular formula is C28H31N3O5. The third-order valence-corrected chi connectivity index (χ3v) is 5.54. The molecule has 8 nitrogen and oxygen atoms in total. The number of nitrogens with zero attached hydrogens (tertiary/aromatic N) is 3. The van der Waals surface area contributed by atoms with Crippen LogP contribution in [0.1, 0.15) is 30.7 Å². The van der Waals surface area contributed by atoms with Gasteiger partial charge in [-0.3, -0.25) is 19.7 Å². The zero-order chi connectivity index (χ0) is 25.9. The van der Waals surface area contributed by atoms with E-state index < -0.39 is 4.92 Å². The zero-order valence-electron chi connectivity index (χ0n) is 20.6. The van der Waals surface area contributed by atoms with Crippen molar-refractivity contribution in [3.05, 3.63) is 106 Å². The highest BCUT2D eigenvalue weighted by molar-refractivity contribution is 5.94. The topological polar surface area (TPSA) is 96.9 Å². The second kappa shape index (κ2) is 13.0. The molecule has 3 rings (SSSR count). The van der Waals surface area contributed by atoms with Crippen molar-refractivity contribution < 1.29 is 18.9 Å². The average Bonchev–Trinajstić information content (AvgIpc) is 3.38. The zero-order valence-corrected chi connectivity index (χ0v) is 20.6. The van der Waals surface area contributed by atoms with Crippen LogP contribution in [0.2, 0.25) is 0 Å². The summed E-state index contributed by atoms with van der Waals surface area (Å²) in [5.74, 6) is 0.380. The number of rotatable bonds is 12. The van der Waals surface area contributed by atoms with Gasteiger partial charge in [0.25, 0.3) is 5.69 Å². The van der Waals surface area contributed by atoms with E-state index in [-0.39, 0.29) is 30.0 Å². The maximum atomic E-state index is 13.4. The van der Waals surface area contributed by atoms with Crippen LogP contribution in [0.25, 0.3) is 6.08 Å². The van der Waals surface area contributed by atoms with E-state index in [1.807, 2.05) is 50.2 Å². The highest BCUT2D eigenvalue weighted by Gasteiger charge is 2.22. The summed E-state index contributed by atoms with van der Waals surface area (Å²) in [6.07, 6.45) is 5.26. The van der Waals surface area contributed by atoms with Crippen molar-refractivity contribution in [2.24, 2.45) is 5.92 Å². The van der Waals surface area contributed by atoms with E-state index in [1.165, 1.54) is 23.1 Å². The molecule has 0 spiro atoms. The number of non-ortho nitro benzene ring substituents is 1. The maximum absolute atomic E-state index is 13.4. The fourth-order valence-electron chi connectivity index (χ4n) is 3.71. The average molecular weight is 490 g/mol. The number of furan rings is 1. The molecule has 2 aromatic carbocycles. The number of amides is 2.